The number of nitrogens with two attached hydrogens (primary N) is 1. The van der Waals surface area contributed by atoms with Crippen molar-refractivity contribution in [2.45, 2.75) is 13.3 Å². The first kappa shape index (κ1) is 30.9. The SMILES string of the molecule is Cc1ccc(NC(=O)C2=CC=C(C(=O)Nc3ccccc3)CC=C2)cc1.NC(=O)c1ccc(C(=O)Nc2ccccc2)cc1.[HH].[HH].[HH].[HH]. The predicted molar refractivity (Wildman–Crippen MR) is 183 cm³/mol. The van der Waals surface area contributed by atoms with Crippen molar-refractivity contribution in [3.63, 3.8) is 0 Å². The number of hydrogen-bond acceptors (Lipinski definition) is 4. The van der Waals surface area contributed by atoms with E-state index in [0.29, 0.717) is 28.7 Å². The quantitative estimate of drug-likeness (QED) is 0.178. The van der Waals surface area contributed by atoms with Crippen molar-refractivity contribution in [3.05, 3.63) is 161 Å². The van der Waals surface area contributed by atoms with Gasteiger partial charge in [0.25, 0.3) is 17.7 Å². The topological polar surface area (TPSA) is 130 Å². The second-order valence-electron chi connectivity index (χ2n) is 9.82. The van der Waals surface area contributed by atoms with E-state index in [1.807, 2.05) is 85.8 Å². The Balaban J connectivity index is 0.000000896. The van der Waals surface area contributed by atoms with Crippen LogP contribution in [-0.4, -0.2) is 23.6 Å². The Hall–Kier alpha value is -6.02. The van der Waals surface area contributed by atoms with Gasteiger partial charge in [0, 0.05) is 45.0 Å². The molecule has 0 fully saturated rings. The summed E-state index contributed by atoms with van der Waals surface area (Å²) in [5.41, 5.74) is 10.4. The van der Waals surface area contributed by atoms with Gasteiger partial charge in [0.05, 0.1) is 0 Å². The summed E-state index contributed by atoms with van der Waals surface area (Å²) in [4.78, 5) is 47.6. The maximum absolute atomic E-state index is 12.4. The molecule has 8 nitrogen and oxygen atoms in total. The third-order valence-electron chi connectivity index (χ3n) is 6.46. The van der Waals surface area contributed by atoms with Crippen molar-refractivity contribution in [1.29, 1.82) is 0 Å². The molecular formula is C36H40N4O4. The highest BCUT2D eigenvalue weighted by Gasteiger charge is 2.13. The van der Waals surface area contributed by atoms with Gasteiger partial charge < -0.3 is 21.7 Å². The predicted octanol–water partition coefficient (Wildman–Crippen LogP) is 7.41. The van der Waals surface area contributed by atoms with Gasteiger partial charge in [0.1, 0.15) is 0 Å². The van der Waals surface area contributed by atoms with E-state index in [2.05, 4.69) is 16.0 Å². The average Bonchev–Trinajstić information content (AvgIpc) is 3.30. The number of carbonyl (C=O) groups is 4. The molecule has 44 heavy (non-hydrogen) atoms. The van der Waals surface area contributed by atoms with Crippen molar-refractivity contribution in [1.82, 2.24) is 0 Å². The molecule has 1 aliphatic carbocycles. The Morgan fingerprint density at radius 3 is 1.66 bits per heavy atom. The molecule has 0 heterocycles. The lowest BCUT2D eigenvalue weighted by Crippen LogP contribution is -2.14. The molecule has 8 heteroatoms. The van der Waals surface area contributed by atoms with Crippen LogP contribution in [0, 0.1) is 6.92 Å². The molecule has 5 rings (SSSR count). The molecule has 0 saturated heterocycles. The molecule has 0 aliphatic heterocycles. The molecule has 0 aromatic heterocycles. The van der Waals surface area contributed by atoms with Crippen LogP contribution >= 0.6 is 0 Å². The van der Waals surface area contributed by atoms with Crippen LogP contribution in [0.5, 0.6) is 0 Å². The minimum atomic E-state index is -0.509. The van der Waals surface area contributed by atoms with Crippen molar-refractivity contribution < 1.29 is 24.9 Å². The number of amides is 4. The standard InChI is InChI=1S/C22H20N2O2.C14H12N2O2.4H2/c1-16-10-14-20(15-11-16)24-22(26)18-7-5-6-17(12-13-18)21(25)23-19-8-3-2-4-9-19;15-13(17)10-6-8-11(9-7-10)14(18)16-12-4-2-1-3-5-12;;;;/h2-5,7-15H,6H2,1H3,(H,23,25)(H,24,26);1-9H,(H2,15,17)(H,16,18);4*1H. The zero-order valence-electron chi connectivity index (χ0n) is 24.1. The van der Waals surface area contributed by atoms with Gasteiger partial charge in [-0.1, -0.05) is 72.3 Å². The number of carbonyl (C=O) groups excluding carboxylic acids is 4. The van der Waals surface area contributed by atoms with Crippen LogP contribution in [0.3, 0.4) is 0 Å². The van der Waals surface area contributed by atoms with Crippen LogP contribution in [0.4, 0.5) is 17.1 Å². The molecule has 1 aliphatic rings. The fourth-order valence-corrected chi connectivity index (χ4v) is 4.03. The lowest BCUT2D eigenvalue weighted by Gasteiger charge is -2.06. The first-order valence-corrected chi connectivity index (χ1v) is 13.9. The molecule has 4 aromatic rings. The van der Waals surface area contributed by atoms with Gasteiger partial charge >= 0.3 is 0 Å². The summed E-state index contributed by atoms with van der Waals surface area (Å²) in [6.07, 6.45) is 7.40. The largest absolute Gasteiger partial charge is 0.366 e. The smallest absolute Gasteiger partial charge is 0.255 e. The number of para-hydroxylation sites is 2. The van der Waals surface area contributed by atoms with Crippen LogP contribution in [0.15, 0.2) is 145 Å². The van der Waals surface area contributed by atoms with Crippen molar-refractivity contribution in [3.8, 4) is 0 Å². The van der Waals surface area contributed by atoms with Crippen LogP contribution in [-0.2, 0) is 9.59 Å². The molecule has 0 bridgehead atoms. The van der Waals surface area contributed by atoms with E-state index in [4.69, 9.17) is 5.73 Å². The van der Waals surface area contributed by atoms with E-state index in [0.717, 1.165) is 22.6 Å². The van der Waals surface area contributed by atoms with Crippen molar-refractivity contribution in [2.24, 2.45) is 5.73 Å². The Kier molecular flexibility index (Phi) is 10.7. The number of aryl methyl sites for hydroxylation is 1. The molecule has 0 unspecified atom stereocenters. The minimum absolute atomic E-state index is 0. The lowest BCUT2D eigenvalue weighted by atomic mass is 10.1. The molecule has 4 aromatic carbocycles. The maximum Gasteiger partial charge on any atom is 0.255 e. The molecule has 0 spiro atoms. The second-order valence-corrected chi connectivity index (χ2v) is 9.82. The summed E-state index contributed by atoms with van der Waals surface area (Å²) in [5, 5.41) is 8.47. The van der Waals surface area contributed by atoms with E-state index >= 15 is 0 Å². The van der Waals surface area contributed by atoms with Gasteiger partial charge in [-0.15, -0.1) is 0 Å². The van der Waals surface area contributed by atoms with Crippen molar-refractivity contribution in [2.75, 3.05) is 16.0 Å². The number of primary amides is 1. The number of nitrogens with one attached hydrogen (secondary N) is 3. The summed E-state index contributed by atoms with van der Waals surface area (Å²) < 4.78 is 0. The summed E-state index contributed by atoms with van der Waals surface area (Å²) in [7, 11) is 0. The molecule has 5 N–H and O–H groups in total. The second kappa shape index (κ2) is 15.3. The van der Waals surface area contributed by atoms with Crippen LogP contribution < -0.4 is 21.7 Å². The Morgan fingerprint density at radius 2 is 1.09 bits per heavy atom. The first-order valence-electron chi connectivity index (χ1n) is 13.9. The first-order chi connectivity index (χ1) is 21.3. The molecule has 228 valence electrons. The highest BCUT2D eigenvalue weighted by molar-refractivity contribution is 6.08. The van der Waals surface area contributed by atoms with E-state index in [1.54, 1.807) is 42.5 Å². The molecule has 0 saturated carbocycles. The number of allylic oxidation sites excluding steroid dienone is 3. The fourth-order valence-electron chi connectivity index (χ4n) is 4.03. The Morgan fingerprint density at radius 1 is 0.591 bits per heavy atom. The minimum Gasteiger partial charge on any atom is -0.366 e. The fraction of sp³-hybridized carbons (Fsp3) is 0.0556. The summed E-state index contributed by atoms with van der Waals surface area (Å²) in [6.45, 7) is 2.00. The normalized spacial score (nSPS) is 11.8. The summed E-state index contributed by atoms with van der Waals surface area (Å²) >= 11 is 0. The maximum atomic E-state index is 12.4. The number of anilines is 3. The lowest BCUT2D eigenvalue weighted by molar-refractivity contribution is -0.113. The van der Waals surface area contributed by atoms with E-state index in [-0.39, 0.29) is 23.4 Å². The molecular weight excluding hydrogens is 552 g/mol. The number of hydrogen-bond donors (Lipinski definition) is 4. The van der Waals surface area contributed by atoms with Gasteiger partial charge in [-0.3, -0.25) is 19.2 Å². The molecule has 4 amide bonds. The van der Waals surface area contributed by atoms with E-state index < -0.39 is 5.91 Å². The zero-order chi connectivity index (χ0) is 31.3. The third kappa shape index (κ3) is 9.25. The zero-order valence-corrected chi connectivity index (χ0v) is 24.1. The average molecular weight is 593 g/mol. The van der Waals surface area contributed by atoms with E-state index in [1.165, 1.54) is 12.1 Å². The van der Waals surface area contributed by atoms with Gasteiger partial charge in [-0.2, -0.15) is 0 Å². The highest BCUT2D eigenvalue weighted by atomic mass is 16.2. The number of rotatable bonds is 7. The highest BCUT2D eigenvalue weighted by Crippen LogP contribution is 2.17. The third-order valence-corrected chi connectivity index (χ3v) is 6.46. The van der Waals surface area contributed by atoms with Crippen LogP contribution in [0.2, 0.25) is 0 Å². The Labute approximate surface area is 261 Å². The van der Waals surface area contributed by atoms with Crippen LogP contribution in [0.1, 0.15) is 38.4 Å². The number of benzene rings is 4. The molecule has 0 radical (unpaired) electrons. The summed E-state index contributed by atoms with van der Waals surface area (Å²) in [5.74, 6) is -1.11. The van der Waals surface area contributed by atoms with Gasteiger partial charge in [0.15, 0.2) is 0 Å². The summed E-state index contributed by atoms with van der Waals surface area (Å²) in [6, 6.07) is 32.3. The Bertz CT molecular complexity index is 1730. The van der Waals surface area contributed by atoms with Gasteiger partial charge in [0.2, 0.25) is 5.91 Å². The van der Waals surface area contributed by atoms with E-state index in [9.17, 15) is 19.2 Å². The van der Waals surface area contributed by atoms with Gasteiger partial charge in [-0.25, -0.2) is 0 Å². The van der Waals surface area contributed by atoms with Crippen molar-refractivity contribution >= 4 is 40.7 Å². The molecule has 0 atom stereocenters. The van der Waals surface area contributed by atoms with Gasteiger partial charge in [-0.05, 0) is 80.1 Å². The van der Waals surface area contributed by atoms with Crippen LogP contribution in [0.25, 0.3) is 0 Å². The monoisotopic (exact) mass is 592 g/mol.